The smallest absolute Gasteiger partial charge is 0.408 e. The Bertz CT molecular complexity index is 1060. The lowest BCUT2D eigenvalue weighted by molar-refractivity contribution is -0.134. The third-order valence-electron chi connectivity index (χ3n) is 5.42. The van der Waals surface area contributed by atoms with Gasteiger partial charge in [-0.05, 0) is 18.6 Å². The average Bonchev–Trinajstić information content (AvgIpc) is 3.01. The average molecular weight is 437 g/mol. The Kier molecular flexibility index (Phi) is 5.52. The Morgan fingerprint density at radius 3 is 2.83 bits per heavy atom. The van der Waals surface area contributed by atoms with E-state index in [1.54, 1.807) is 12.1 Å². The van der Waals surface area contributed by atoms with Crippen LogP contribution in [-0.4, -0.2) is 83.0 Å². The van der Waals surface area contributed by atoms with Gasteiger partial charge < -0.3 is 19.0 Å². The molecule has 2 saturated heterocycles. The maximum absolute atomic E-state index is 13.0. The van der Waals surface area contributed by atoms with Gasteiger partial charge in [-0.25, -0.2) is 9.59 Å². The van der Waals surface area contributed by atoms with Crippen molar-refractivity contribution in [3.05, 3.63) is 33.8 Å². The first-order valence-electron chi connectivity index (χ1n) is 9.58. The molecule has 11 heteroatoms. The molecule has 3 heterocycles. The Balaban J connectivity index is 1.52. The molecule has 4 amide bonds. The zero-order valence-electron chi connectivity index (χ0n) is 16.4. The molecule has 30 heavy (non-hydrogen) atoms. The number of ether oxygens (including phenoxy) is 1. The zero-order valence-corrected chi connectivity index (χ0v) is 17.1. The van der Waals surface area contributed by atoms with Crippen molar-refractivity contribution < 1.29 is 23.5 Å². The lowest BCUT2D eigenvalue weighted by Gasteiger charge is -2.23. The summed E-state index contributed by atoms with van der Waals surface area (Å²) in [6.45, 7) is 1.06. The van der Waals surface area contributed by atoms with Crippen LogP contribution in [0, 0.1) is 0 Å². The van der Waals surface area contributed by atoms with Gasteiger partial charge in [0.05, 0.1) is 25.2 Å². The number of nitrogens with zero attached hydrogens (tertiary/aromatic N) is 4. The molecule has 0 N–H and O–H groups in total. The summed E-state index contributed by atoms with van der Waals surface area (Å²) in [7, 11) is 1.50. The van der Waals surface area contributed by atoms with Crippen molar-refractivity contribution in [2.24, 2.45) is 0 Å². The molecule has 1 unspecified atom stereocenters. The van der Waals surface area contributed by atoms with Crippen molar-refractivity contribution in [3.63, 3.8) is 0 Å². The van der Waals surface area contributed by atoms with E-state index in [1.165, 1.54) is 32.4 Å². The highest BCUT2D eigenvalue weighted by Crippen LogP contribution is 2.23. The molecule has 0 saturated carbocycles. The molecule has 1 aromatic heterocycles. The minimum Gasteiger partial charge on any atom is -0.408 e. The molecular formula is C19H21ClN4O6. The molecule has 0 spiro atoms. The fourth-order valence-corrected chi connectivity index (χ4v) is 4.06. The molecule has 2 aliphatic rings. The maximum atomic E-state index is 13.0. The van der Waals surface area contributed by atoms with Gasteiger partial charge in [0.25, 0.3) is 5.91 Å². The number of benzene rings is 1. The van der Waals surface area contributed by atoms with Crippen molar-refractivity contribution in [2.45, 2.75) is 19.0 Å². The van der Waals surface area contributed by atoms with Gasteiger partial charge in [-0.15, -0.1) is 0 Å². The summed E-state index contributed by atoms with van der Waals surface area (Å²) in [5.74, 6) is -1.32. The number of carbonyl (C=O) groups is 3. The van der Waals surface area contributed by atoms with Crippen molar-refractivity contribution in [3.8, 4) is 0 Å². The van der Waals surface area contributed by atoms with E-state index >= 15 is 0 Å². The number of fused-ring (bicyclic) bond motifs is 2. The second-order valence-electron chi connectivity index (χ2n) is 7.23. The predicted molar refractivity (Wildman–Crippen MR) is 106 cm³/mol. The predicted octanol–water partition coefficient (Wildman–Crippen LogP) is 0.759. The molecule has 1 atom stereocenters. The third-order valence-corrected chi connectivity index (χ3v) is 5.65. The molecule has 2 aliphatic heterocycles. The van der Waals surface area contributed by atoms with Crippen LogP contribution in [0.25, 0.3) is 11.1 Å². The minimum atomic E-state index is -0.725. The summed E-state index contributed by atoms with van der Waals surface area (Å²) in [5, 5.41) is 0.421. The van der Waals surface area contributed by atoms with Crippen molar-refractivity contribution >= 4 is 40.5 Å². The molecular weight excluding hydrogens is 416 g/mol. The lowest BCUT2D eigenvalue weighted by Crippen LogP contribution is -2.45. The third kappa shape index (κ3) is 3.56. The highest BCUT2D eigenvalue weighted by atomic mass is 35.5. The van der Waals surface area contributed by atoms with Crippen LogP contribution >= 0.6 is 11.6 Å². The number of hydrogen-bond acceptors (Lipinski definition) is 6. The van der Waals surface area contributed by atoms with Crippen LogP contribution in [0.5, 0.6) is 0 Å². The fourth-order valence-electron chi connectivity index (χ4n) is 3.90. The highest BCUT2D eigenvalue weighted by molar-refractivity contribution is 6.31. The second kappa shape index (κ2) is 8.11. The van der Waals surface area contributed by atoms with Crippen molar-refractivity contribution in [1.82, 2.24) is 19.3 Å². The van der Waals surface area contributed by atoms with Crippen LogP contribution in [0.15, 0.2) is 27.4 Å². The molecule has 0 radical (unpaired) electrons. The Morgan fingerprint density at radius 2 is 2.07 bits per heavy atom. The Morgan fingerprint density at radius 1 is 1.27 bits per heavy atom. The number of rotatable bonds is 5. The molecule has 160 valence electrons. The first-order chi connectivity index (χ1) is 14.4. The Hall–Kier alpha value is -2.85. The summed E-state index contributed by atoms with van der Waals surface area (Å²) in [6, 6.07) is 3.66. The van der Waals surface area contributed by atoms with Crippen LogP contribution in [0.2, 0.25) is 5.02 Å². The topological polar surface area (TPSA) is 105 Å². The summed E-state index contributed by atoms with van der Waals surface area (Å²) in [6.07, 6.45) is 0.538. The summed E-state index contributed by atoms with van der Waals surface area (Å²) in [5.41, 5.74) is 0.764. The van der Waals surface area contributed by atoms with Gasteiger partial charge >= 0.3 is 11.8 Å². The van der Waals surface area contributed by atoms with E-state index in [9.17, 15) is 19.2 Å². The number of halogens is 1. The maximum Gasteiger partial charge on any atom is 0.420 e. The summed E-state index contributed by atoms with van der Waals surface area (Å²) < 4.78 is 11.4. The van der Waals surface area contributed by atoms with Crippen LogP contribution in [0.4, 0.5) is 4.79 Å². The Labute approximate surface area is 176 Å². The van der Waals surface area contributed by atoms with Gasteiger partial charge in [0.15, 0.2) is 5.58 Å². The summed E-state index contributed by atoms with van der Waals surface area (Å²) in [4.78, 5) is 54.7. The van der Waals surface area contributed by atoms with E-state index in [1.807, 2.05) is 0 Å². The van der Waals surface area contributed by atoms with E-state index < -0.39 is 11.8 Å². The normalized spacial score (nSPS) is 19.5. The monoisotopic (exact) mass is 436 g/mol. The first-order valence-corrected chi connectivity index (χ1v) is 9.96. The molecule has 2 fully saturated rings. The van der Waals surface area contributed by atoms with E-state index in [-0.39, 0.29) is 44.1 Å². The first kappa shape index (κ1) is 20.4. The molecule has 1 aromatic carbocycles. The van der Waals surface area contributed by atoms with Crippen LogP contribution < -0.4 is 5.76 Å². The van der Waals surface area contributed by atoms with E-state index in [0.717, 1.165) is 0 Å². The van der Waals surface area contributed by atoms with Gasteiger partial charge in [-0.1, -0.05) is 11.6 Å². The molecule has 4 rings (SSSR count). The minimum absolute atomic E-state index is 0.0866. The van der Waals surface area contributed by atoms with Gasteiger partial charge in [0, 0.05) is 31.3 Å². The SMILES string of the molecule is COCCN1C(=O)C2CN(C(=O)Cn3c(=O)oc4cc(Cl)ccc43)CCCN2C1=O. The van der Waals surface area contributed by atoms with Crippen LogP contribution in [-0.2, 0) is 20.9 Å². The number of carbonyl (C=O) groups excluding carboxylic acids is 3. The molecule has 0 bridgehead atoms. The number of aromatic nitrogens is 1. The number of urea groups is 1. The zero-order chi connectivity index (χ0) is 21.4. The number of hydrogen-bond donors (Lipinski definition) is 0. The van der Waals surface area contributed by atoms with Crippen molar-refractivity contribution in [1.29, 1.82) is 0 Å². The van der Waals surface area contributed by atoms with Crippen LogP contribution in [0.1, 0.15) is 6.42 Å². The largest absolute Gasteiger partial charge is 0.420 e. The number of oxazole rings is 1. The van der Waals surface area contributed by atoms with Gasteiger partial charge in [-0.3, -0.25) is 19.1 Å². The van der Waals surface area contributed by atoms with Gasteiger partial charge in [0.1, 0.15) is 12.6 Å². The number of methoxy groups -OCH3 is 1. The second-order valence-corrected chi connectivity index (χ2v) is 7.67. The van der Waals surface area contributed by atoms with E-state index in [2.05, 4.69) is 0 Å². The quantitative estimate of drug-likeness (QED) is 0.641. The van der Waals surface area contributed by atoms with Gasteiger partial charge in [-0.2, -0.15) is 0 Å². The molecule has 0 aliphatic carbocycles. The lowest BCUT2D eigenvalue weighted by atomic mass is 10.2. The summed E-state index contributed by atoms with van der Waals surface area (Å²) >= 11 is 5.92. The molecule has 2 aromatic rings. The van der Waals surface area contributed by atoms with E-state index in [4.69, 9.17) is 20.8 Å². The van der Waals surface area contributed by atoms with Crippen LogP contribution in [0.3, 0.4) is 0 Å². The number of amides is 4. The standard InChI is InChI=1S/C19H21ClN4O6/c1-29-8-7-23-17(26)14-10-21(5-2-6-22(14)18(23)27)16(25)11-24-13-4-3-12(20)9-15(13)30-19(24)28/h3-4,9,14H,2,5-8,10-11H2,1H3. The number of imide groups is 1. The fraction of sp³-hybridized carbons (Fsp3) is 0.474. The van der Waals surface area contributed by atoms with Crippen molar-refractivity contribution in [2.75, 3.05) is 39.9 Å². The van der Waals surface area contributed by atoms with E-state index in [0.29, 0.717) is 35.6 Å². The highest BCUT2D eigenvalue weighted by Gasteiger charge is 2.46. The van der Waals surface area contributed by atoms with Gasteiger partial charge in [0.2, 0.25) is 5.91 Å². The molecule has 10 nitrogen and oxygen atoms in total.